The molecule has 1 atom stereocenters. The molecule has 3 heterocycles. The molecule has 2 aromatic heterocycles. The van der Waals surface area contributed by atoms with E-state index in [0.717, 1.165) is 37.3 Å². The molecule has 0 spiro atoms. The van der Waals surface area contributed by atoms with E-state index in [1.807, 2.05) is 6.92 Å². The molecule has 26 heavy (non-hydrogen) atoms. The van der Waals surface area contributed by atoms with Crippen molar-refractivity contribution in [3.63, 3.8) is 0 Å². The minimum Gasteiger partial charge on any atom is -0.370 e. The van der Waals surface area contributed by atoms with Crippen molar-refractivity contribution in [3.8, 4) is 0 Å². The van der Waals surface area contributed by atoms with Crippen molar-refractivity contribution >= 4 is 11.6 Å². The van der Waals surface area contributed by atoms with Crippen LogP contribution in [-0.4, -0.2) is 44.8 Å². The molecule has 0 aromatic carbocycles. The third-order valence-electron chi connectivity index (χ3n) is 4.41. The van der Waals surface area contributed by atoms with Gasteiger partial charge >= 0.3 is 0 Å². The van der Waals surface area contributed by atoms with E-state index in [2.05, 4.69) is 25.3 Å². The summed E-state index contributed by atoms with van der Waals surface area (Å²) < 4.78 is 1.19. The molecular weight excluding hydrogens is 332 g/mol. The van der Waals surface area contributed by atoms with Crippen LogP contribution in [0.25, 0.3) is 0 Å². The first kappa shape index (κ1) is 18.0. The van der Waals surface area contributed by atoms with Crippen LogP contribution >= 0.6 is 0 Å². The number of carbonyl (C=O) groups excluding carboxylic acids is 1. The number of rotatable bonds is 6. The summed E-state index contributed by atoms with van der Waals surface area (Å²) in [5.74, 6) is -0.248. The summed E-state index contributed by atoms with van der Waals surface area (Å²) in [5, 5.41) is 7.03. The van der Waals surface area contributed by atoms with Gasteiger partial charge in [0.1, 0.15) is 6.54 Å². The number of hydrogen-bond donors (Lipinski definition) is 1. The Balaban J connectivity index is 1.56. The quantitative estimate of drug-likeness (QED) is 0.822. The van der Waals surface area contributed by atoms with Crippen LogP contribution in [0.1, 0.15) is 31.9 Å². The summed E-state index contributed by atoms with van der Waals surface area (Å²) in [6.07, 6.45) is 10.7. The summed E-state index contributed by atoms with van der Waals surface area (Å²) in [6, 6.07) is 1.46. The number of aromatic nitrogens is 4. The second-order valence-electron chi connectivity index (χ2n) is 6.63. The maximum atomic E-state index is 12.3. The SMILES string of the molecule is CC(Cc1cnccn1)NC(=O)Cn1ncc(N2CCCCC2)cc1=O. The van der Waals surface area contributed by atoms with Crippen molar-refractivity contribution in [2.24, 2.45) is 0 Å². The van der Waals surface area contributed by atoms with Crippen LogP contribution in [0.2, 0.25) is 0 Å². The molecule has 0 aliphatic carbocycles. The van der Waals surface area contributed by atoms with Gasteiger partial charge < -0.3 is 10.2 Å². The van der Waals surface area contributed by atoms with Gasteiger partial charge in [-0.2, -0.15) is 5.10 Å². The second-order valence-corrected chi connectivity index (χ2v) is 6.63. The molecule has 0 radical (unpaired) electrons. The molecule has 3 rings (SSSR count). The Morgan fingerprint density at radius 1 is 1.23 bits per heavy atom. The van der Waals surface area contributed by atoms with Gasteiger partial charge in [0.05, 0.1) is 17.6 Å². The van der Waals surface area contributed by atoms with Crippen molar-refractivity contribution in [1.82, 2.24) is 25.1 Å². The van der Waals surface area contributed by atoms with Gasteiger partial charge in [-0.25, -0.2) is 4.68 Å². The van der Waals surface area contributed by atoms with Crippen LogP contribution < -0.4 is 15.8 Å². The predicted octanol–water partition coefficient (Wildman–Crippen LogP) is 0.771. The molecule has 1 fully saturated rings. The summed E-state index contributed by atoms with van der Waals surface area (Å²) in [7, 11) is 0. The summed E-state index contributed by atoms with van der Waals surface area (Å²) in [4.78, 5) is 34.8. The first-order valence-electron chi connectivity index (χ1n) is 8.98. The van der Waals surface area contributed by atoms with E-state index >= 15 is 0 Å². The zero-order valence-electron chi connectivity index (χ0n) is 15.0. The molecule has 0 bridgehead atoms. The Kier molecular flexibility index (Phi) is 5.93. The fourth-order valence-corrected chi connectivity index (χ4v) is 3.12. The van der Waals surface area contributed by atoms with Crippen LogP contribution in [0, 0.1) is 0 Å². The molecule has 1 saturated heterocycles. The minimum atomic E-state index is -0.259. The highest BCUT2D eigenvalue weighted by Crippen LogP contribution is 2.16. The highest BCUT2D eigenvalue weighted by Gasteiger charge is 2.14. The zero-order valence-corrected chi connectivity index (χ0v) is 15.0. The fourth-order valence-electron chi connectivity index (χ4n) is 3.12. The lowest BCUT2D eigenvalue weighted by atomic mass is 10.1. The van der Waals surface area contributed by atoms with Crippen molar-refractivity contribution < 1.29 is 4.79 Å². The van der Waals surface area contributed by atoms with Gasteiger partial charge in [-0.3, -0.25) is 19.6 Å². The molecule has 138 valence electrons. The second kappa shape index (κ2) is 8.55. The third kappa shape index (κ3) is 4.87. The predicted molar refractivity (Wildman–Crippen MR) is 97.9 cm³/mol. The van der Waals surface area contributed by atoms with E-state index in [-0.39, 0.29) is 24.1 Å². The van der Waals surface area contributed by atoms with Crippen LogP contribution in [-0.2, 0) is 17.8 Å². The van der Waals surface area contributed by atoms with E-state index in [1.54, 1.807) is 30.9 Å². The van der Waals surface area contributed by atoms with Crippen molar-refractivity contribution in [2.45, 2.75) is 45.2 Å². The van der Waals surface area contributed by atoms with Crippen molar-refractivity contribution in [3.05, 3.63) is 46.9 Å². The Bertz CT molecular complexity index is 786. The number of hydrogen-bond acceptors (Lipinski definition) is 6. The van der Waals surface area contributed by atoms with Gasteiger partial charge in [0.25, 0.3) is 5.56 Å². The van der Waals surface area contributed by atoms with Gasteiger partial charge in [-0.15, -0.1) is 0 Å². The molecule has 1 unspecified atom stereocenters. The van der Waals surface area contributed by atoms with Crippen LogP contribution in [0.4, 0.5) is 5.69 Å². The van der Waals surface area contributed by atoms with Crippen LogP contribution in [0.5, 0.6) is 0 Å². The zero-order chi connectivity index (χ0) is 18.4. The lowest BCUT2D eigenvalue weighted by molar-refractivity contribution is -0.122. The van der Waals surface area contributed by atoms with Gasteiger partial charge in [-0.1, -0.05) is 0 Å². The van der Waals surface area contributed by atoms with Crippen LogP contribution in [0.3, 0.4) is 0 Å². The number of nitrogens with one attached hydrogen (secondary N) is 1. The van der Waals surface area contributed by atoms with Gasteiger partial charge in [0.2, 0.25) is 5.91 Å². The number of piperidine rings is 1. The van der Waals surface area contributed by atoms with Crippen molar-refractivity contribution in [1.29, 1.82) is 0 Å². The first-order chi connectivity index (χ1) is 12.6. The average Bonchev–Trinajstić information content (AvgIpc) is 2.65. The largest absolute Gasteiger partial charge is 0.370 e. The number of anilines is 1. The maximum absolute atomic E-state index is 12.3. The average molecular weight is 356 g/mol. The molecule has 1 amide bonds. The number of nitrogens with zero attached hydrogens (tertiary/aromatic N) is 5. The lowest BCUT2D eigenvalue weighted by Gasteiger charge is -2.28. The molecule has 0 saturated carbocycles. The molecule has 2 aromatic rings. The highest BCUT2D eigenvalue weighted by molar-refractivity contribution is 5.75. The smallest absolute Gasteiger partial charge is 0.269 e. The number of amides is 1. The van der Waals surface area contributed by atoms with E-state index in [9.17, 15) is 9.59 Å². The normalized spacial score (nSPS) is 15.5. The Hall–Kier alpha value is -2.77. The third-order valence-corrected chi connectivity index (χ3v) is 4.41. The molecule has 1 aliphatic heterocycles. The number of carbonyl (C=O) groups is 1. The van der Waals surface area contributed by atoms with E-state index in [0.29, 0.717) is 6.42 Å². The minimum absolute atomic E-state index is 0.0933. The molecule has 8 heteroatoms. The lowest BCUT2D eigenvalue weighted by Crippen LogP contribution is -2.39. The standard InChI is InChI=1S/C18H24N6O2/c1-14(9-15-11-19-5-6-20-15)22-17(25)13-24-18(26)10-16(12-21-24)23-7-3-2-4-8-23/h5-6,10-12,14H,2-4,7-9,13H2,1H3,(H,22,25). The first-order valence-corrected chi connectivity index (χ1v) is 8.98. The van der Waals surface area contributed by atoms with E-state index in [4.69, 9.17) is 0 Å². The van der Waals surface area contributed by atoms with Gasteiger partial charge in [-0.05, 0) is 26.2 Å². The monoisotopic (exact) mass is 356 g/mol. The molecular formula is C18H24N6O2. The van der Waals surface area contributed by atoms with Crippen LogP contribution in [0.15, 0.2) is 35.6 Å². The molecule has 8 nitrogen and oxygen atoms in total. The molecule has 1 aliphatic rings. The Labute approximate surface area is 152 Å². The summed E-state index contributed by atoms with van der Waals surface area (Å²) in [5.41, 5.74) is 1.38. The highest BCUT2D eigenvalue weighted by atomic mass is 16.2. The van der Waals surface area contributed by atoms with E-state index in [1.165, 1.54) is 11.1 Å². The fraction of sp³-hybridized carbons (Fsp3) is 0.500. The van der Waals surface area contributed by atoms with E-state index < -0.39 is 0 Å². The molecule has 1 N–H and O–H groups in total. The Morgan fingerprint density at radius 2 is 2.04 bits per heavy atom. The van der Waals surface area contributed by atoms with Gasteiger partial charge in [0, 0.05) is 50.2 Å². The summed E-state index contributed by atoms with van der Waals surface area (Å²) >= 11 is 0. The van der Waals surface area contributed by atoms with Gasteiger partial charge in [0.15, 0.2) is 0 Å². The maximum Gasteiger partial charge on any atom is 0.269 e. The Morgan fingerprint density at radius 3 is 2.73 bits per heavy atom. The topological polar surface area (TPSA) is 93.0 Å². The van der Waals surface area contributed by atoms with Crippen molar-refractivity contribution in [2.75, 3.05) is 18.0 Å². The summed E-state index contributed by atoms with van der Waals surface area (Å²) in [6.45, 7) is 3.70.